The lowest BCUT2D eigenvalue weighted by atomic mass is 10.1. The zero-order valence-electron chi connectivity index (χ0n) is 9.97. The minimum absolute atomic E-state index is 1.10. The molecule has 14 heavy (non-hydrogen) atoms. The van der Waals surface area contributed by atoms with E-state index < -0.39 is 0 Å². The van der Waals surface area contributed by atoms with Gasteiger partial charge in [-0.15, -0.1) is 0 Å². The van der Waals surface area contributed by atoms with Crippen LogP contribution in [0.4, 0.5) is 0 Å². The first-order chi connectivity index (χ1) is 6.91. The van der Waals surface area contributed by atoms with E-state index in [-0.39, 0.29) is 0 Å². The fourth-order valence-corrected chi connectivity index (χ4v) is 1.47. The van der Waals surface area contributed by atoms with Crippen LogP contribution in [0.5, 0.6) is 0 Å². The largest absolute Gasteiger partial charge is 0.0914 e. The van der Waals surface area contributed by atoms with Gasteiger partial charge in [0, 0.05) is 0 Å². The van der Waals surface area contributed by atoms with Gasteiger partial charge in [-0.05, 0) is 26.2 Å². The van der Waals surface area contributed by atoms with Crippen LogP contribution in [0.15, 0.2) is 24.3 Å². The lowest BCUT2D eigenvalue weighted by molar-refractivity contribution is 0.611. The molecule has 0 aromatic rings. The molecule has 0 atom stereocenters. The van der Waals surface area contributed by atoms with E-state index in [1.165, 1.54) is 44.9 Å². The van der Waals surface area contributed by atoms with Crippen LogP contribution >= 0.6 is 0 Å². The monoisotopic (exact) mass is 194 g/mol. The zero-order chi connectivity index (χ0) is 10.5. The molecule has 0 rings (SSSR count). The van der Waals surface area contributed by atoms with Crippen molar-refractivity contribution in [1.82, 2.24) is 0 Å². The second-order valence-corrected chi connectivity index (χ2v) is 3.83. The third-order valence-electron chi connectivity index (χ3n) is 2.40. The van der Waals surface area contributed by atoms with Gasteiger partial charge < -0.3 is 0 Å². The number of unbranched alkanes of at least 4 members (excludes halogenated alkanes) is 6. The maximum absolute atomic E-state index is 2.32. The van der Waals surface area contributed by atoms with Gasteiger partial charge in [0.1, 0.15) is 0 Å². The van der Waals surface area contributed by atoms with E-state index in [1.807, 2.05) is 0 Å². The second kappa shape index (κ2) is 12.5. The number of allylic oxidation sites excluding steroid dienone is 4. The Morgan fingerprint density at radius 1 is 0.786 bits per heavy atom. The first-order valence-electron chi connectivity index (χ1n) is 6.18. The van der Waals surface area contributed by atoms with E-state index in [9.17, 15) is 0 Å². The fourth-order valence-electron chi connectivity index (χ4n) is 1.47. The number of rotatable bonds is 9. The zero-order valence-corrected chi connectivity index (χ0v) is 9.97. The van der Waals surface area contributed by atoms with E-state index in [4.69, 9.17) is 0 Å². The van der Waals surface area contributed by atoms with Crippen LogP contribution in [-0.2, 0) is 0 Å². The quantitative estimate of drug-likeness (QED) is 0.347. The highest BCUT2D eigenvalue weighted by Crippen LogP contribution is 2.07. The second-order valence-electron chi connectivity index (χ2n) is 3.83. The molecule has 0 aliphatic rings. The summed E-state index contributed by atoms with van der Waals surface area (Å²) < 4.78 is 0. The molecule has 0 heteroatoms. The minimum atomic E-state index is 1.10. The Labute approximate surface area is 90.1 Å². The summed E-state index contributed by atoms with van der Waals surface area (Å²) in [6.45, 7) is 4.34. The first-order valence-corrected chi connectivity index (χ1v) is 6.18. The summed E-state index contributed by atoms with van der Waals surface area (Å²) in [7, 11) is 0. The molecule has 0 N–H and O–H groups in total. The molecule has 0 aliphatic heterocycles. The van der Waals surface area contributed by atoms with Gasteiger partial charge in [0.15, 0.2) is 0 Å². The average Bonchev–Trinajstić information content (AvgIpc) is 2.21. The van der Waals surface area contributed by atoms with Crippen LogP contribution in [0.3, 0.4) is 0 Å². The molecule has 0 unspecified atom stereocenters. The fraction of sp³-hybridized carbons (Fsp3) is 0.714. The summed E-state index contributed by atoms with van der Waals surface area (Å²) in [5.41, 5.74) is 0. The predicted octanol–water partition coefficient (Wildman–Crippen LogP) is 5.26. The van der Waals surface area contributed by atoms with Crippen LogP contribution in [0, 0.1) is 0 Å². The van der Waals surface area contributed by atoms with Crippen LogP contribution < -0.4 is 0 Å². The summed E-state index contributed by atoms with van der Waals surface area (Å²) in [5.74, 6) is 0. The van der Waals surface area contributed by atoms with Gasteiger partial charge >= 0.3 is 0 Å². The molecule has 0 fully saturated rings. The van der Waals surface area contributed by atoms with Crippen LogP contribution in [0.25, 0.3) is 0 Å². The highest BCUT2D eigenvalue weighted by Gasteiger charge is 1.87. The summed E-state index contributed by atoms with van der Waals surface area (Å²) >= 11 is 0. The molecule has 0 amide bonds. The van der Waals surface area contributed by atoms with Crippen molar-refractivity contribution in [3.8, 4) is 0 Å². The van der Waals surface area contributed by atoms with E-state index in [1.54, 1.807) is 0 Å². The third-order valence-corrected chi connectivity index (χ3v) is 2.40. The summed E-state index contributed by atoms with van der Waals surface area (Å²) in [6, 6.07) is 0. The molecule has 0 bridgehead atoms. The molecule has 0 aromatic heterocycles. The average molecular weight is 194 g/mol. The highest BCUT2D eigenvalue weighted by molar-refractivity contribution is 4.91. The van der Waals surface area contributed by atoms with Crippen molar-refractivity contribution >= 4 is 0 Å². The van der Waals surface area contributed by atoms with Gasteiger partial charge in [0.05, 0.1) is 0 Å². The van der Waals surface area contributed by atoms with Crippen LogP contribution in [-0.4, -0.2) is 0 Å². The molecule has 0 spiro atoms. The molecule has 0 nitrogen and oxygen atoms in total. The van der Waals surface area contributed by atoms with Gasteiger partial charge in [0.2, 0.25) is 0 Å². The van der Waals surface area contributed by atoms with Crippen LogP contribution in [0.1, 0.15) is 65.2 Å². The summed E-state index contributed by atoms with van der Waals surface area (Å²) in [5, 5.41) is 0. The third kappa shape index (κ3) is 11.5. The molecule has 0 radical (unpaired) electrons. The van der Waals surface area contributed by atoms with E-state index in [0.717, 1.165) is 6.42 Å². The SMILES string of the molecule is CC=CC/C=C/CCCCCCCC. The van der Waals surface area contributed by atoms with E-state index in [2.05, 4.69) is 38.2 Å². The van der Waals surface area contributed by atoms with Crippen molar-refractivity contribution in [2.45, 2.75) is 65.2 Å². The Hall–Kier alpha value is -0.520. The Morgan fingerprint density at radius 3 is 2.21 bits per heavy atom. The predicted molar refractivity (Wildman–Crippen MR) is 66.6 cm³/mol. The van der Waals surface area contributed by atoms with Crippen molar-refractivity contribution in [2.75, 3.05) is 0 Å². The van der Waals surface area contributed by atoms with Crippen molar-refractivity contribution in [2.24, 2.45) is 0 Å². The van der Waals surface area contributed by atoms with E-state index >= 15 is 0 Å². The Kier molecular flexibility index (Phi) is 12.0. The summed E-state index contributed by atoms with van der Waals surface area (Å²) in [4.78, 5) is 0. The maximum atomic E-state index is 2.32. The number of hydrogen-bond acceptors (Lipinski definition) is 0. The normalized spacial score (nSPS) is 11.9. The number of hydrogen-bond donors (Lipinski definition) is 0. The molecule has 0 heterocycles. The molecular formula is C14H26. The topological polar surface area (TPSA) is 0 Å². The van der Waals surface area contributed by atoms with Crippen LogP contribution in [0.2, 0.25) is 0 Å². The van der Waals surface area contributed by atoms with Crippen molar-refractivity contribution in [3.05, 3.63) is 24.3 Å². The van der Waals surface area contributed by atoms with Crippen molar-refractivity contribution < 1.29 is 0 Å². The van der Waals surface area contributed by atoms with E-state index in [0.29, 0.717) is 0 Å². The van der Waals surface area contributed by atoms with Crippen molar-refractivity contribution in [3.63, 3.8) is 0 Å². The first kappa shape index (κ1) is 13.5. The molecular weight excluding hydrogens is 168 g/mol. The Balaban J connectivity index is 3.01. The minimum Gasteiger partial charge on any atom is -0.0914 e. The standard InChI is InChI=1S/C14H26/c1-3-5-7-9-11-13-14-12-10-8-6-4-2/h3,5,9,11H,4,6-8,10,12-14H2,1-2H3/b5-3?,11-9+. The Morgan fingerprint density at radius 2 is 1.50 bits per heavy atom. The summed E-state index contributed by atoms with van der Waals surface area (Å²) in [6.07, 6.45) is 19.7. The molecule has 0 aromatic carbocycles. The highest BCUT2D eigenvalue weighted by atomic mass is 13.9. The maximum Gasteiger partial charge on any atom is -0.0169 e. The molecule has 0 saturated heterocycles. The lowest BCUT2D eigenvalue weighted by Crippen LogP contribution is -1.77. The van der Waals surface area contributed by atoms with Gasteiger partial charge in [0.25, 0.3) is 0 Å². The molecule has 82 valence electrons. The smallest absolute Gasteiger partial charge is 0.0169 e. The van der Waals surface area contributed by atoms with Gasteiger partial charge in [-0.2, -0.15) is 0 Å². The Bertz CT molecular complexity index is 142. The molecule has 0 saturated carbocycles. The van der Waals surface area contributed by atoms with Gasteiger partial charge in [-0.1, -0.05) is 63.3 Å². The lowest BCUT2D eigenvalue weighted by Gasteiger charge is -1.97. The molecule has 0 aliphatic carbocycles. The van der Waals surface area contributed by atoms with Crippen molar-refractivity contribution in [1.29, 1.82) is 0 Å². The van der Waals surface area contributed by atoms with Gasteiger partial charge in [-0.3, -0.25) is 0 Å². The van der Waals surface area contributed by atoms with Gasteiger partial charge in [-0.25, -0.2) is 0 Å².